The van der Waals surface area contributed by atoms with Gasteiger partial charge in [0.2, 0.25) is 0 Å². The van der Waals surface area contributed by atoms with Gasteiger partial charge in [-0.25, -0.2) is 4.57 Å². The summed E-state index contributed by atoms with van der Waals surface area (Å²) >= 11 is 0. The van der Waals surface area contributed by atoms with Gasteiger partial charge in [-0.3, -0.25) is 4.79 Å². The van der Waals surface area contributed by atoms with E-state index in [-0.39, 0.29) is 12.6 Å². The zero-order chi connectivity index (χ0) is 9.78. The van der Waals surface area contributed by atoms with Crippen LogP contribution < -0.4 is 11.1 Å². The molecule has 1 atom stereocenters. The number of carbonyl (C=O) groups is 1. The second-order valence-electron chi connectivity index (χ2n) is 2.40. The van der Waals surface area contributed by atoms with Crippen LogP contribution in [0.1, 0.15) is 13.3 Å². The Labute approximate surface area is 70.3 Å². The molecular formula is C5H13N2O4P. The topological polar surface area (TPSA) is 113 Å². The predicted molar refractivity (Wildman–Crippen MR) is 43.7 cm³/mol. The molecule has 0 saturated heterocycles. The van der Waals surface area contributed by atoms with Crippen LogP contribution in [0.2, 0.25) is 0 Å². The highest BCUT2D eigenvalue weighted by Crippen LogP contribution is 2.34. The van der Waals surface area contributed by atoms with Crippen molar-refractivity contribution in [2.45, 2.75) is 19.4 Å². The van der Waals surface area contributed by atoms with E-state index in [1.165, 1.54) is 0 Å². The largest absolute Gasteiger partial charge is 0.413 e. The number of hydrogen-bond acceptors (Lipinski definition) is 3. The van der Waals surface area contributed by atoms with Crippen LogP contribution in [0.4, 0.5) is 4.79 Å². The van der Waals surface area contributed by atoms with Gasteiger partial charge >= 0.3 is 13.2 Å². The number of carbonyl (C=O) groups excluding carboxylic acids is 1. The normalized spacial score (nSPS) is 14.0. The number of nitrogens with two attached hydrogens (primary N) is 1. The number of rotatable bonds is 4. The molecule has 0 radical (unpaired) electrons. The molecule has 0 saturated carbocycles. The average molecular weight is 196 g/mol. The molecule has 7 heteroatoms. The van der Waals surface area contributed by atoms with Crippen LogP contribution in [-0.4, -0.2) is 28.0 Å². The fourth-order valence-corrected chi connectivity index (χ4v) is 0.763. The van der Waals surface area contributed by atoms with Gasteiger partial charge in [0.15, 0.2) is 0 Å². The highest BCUT2D eigenvalue weighted by atomic mass is 31.2. The molecule has 0 bridgehead atoms. The Balaban J connectivity index is 3.81. The lowest BCUT2D eigenvalue weighted by atomic mass is 10.2. The average Bonchev–Trinajstić information content (AvgIpc) is 1.97. The monoisotopic (exact) mass is 196 g/mol. The van der Waals surface area contributed by atoms with Crippen molar-refractivity contribution in [2.24, 2.45) is 5.73 Å². The summed E-state index contributed by atoms with van der Waals surface area (Å²) in [5, 5.41) is 2.05. The standard InChI is InChI=1S/C5H13N2O4P/c1-2-4(6)3-7-5(8)12(9,10)11/h4H,2-3,6H2,1H3,(H,7,8)(H2,9,10,11)/t4-/m0/s1. The molecule has 0 rings (SSSR count). The van der Waals surface area contributed by atoms with Crippen LogP contribution in [-0.2, 0) is 4.57 Å². The lowest BCUT2D eigenvalue weighted by molar-refractivity contribution is 0.248. The summed E-state index contributed by atoms with van der Waals surface area (Å²) in [6.45, 7) is 1.90. The first kappa shape index (κ1) is 11.6. The molecule has 12 heavy (non-hydrogen) atoms. The molecule has 0 aromatic heterocycles. The maximum Gasteiger partial charge on any atom is 0.413 e. The quantitative estimate of drug-likeness (QED) is 0.457. The maximum absolute atomic E-state index is 10.6. The molecule has 0 aromatic rings. The SMILES string of the molecule is CC[C@H](N)CNC(=O)P(=O)(O)O. The van der Waals surface area contributed by atoms with Crippen molar-refractivity contribution in [2.75, 3.05) is 6.54 Å². The van der Waals surface area contributed by atoms with E-state index in [0.29, 0.717) is 6.42 Å². The summed E-state index contributed by atoms with van der Waals surface area (Å²) in [5.41, 5.74) is 4.12. The highest BCUT2D eigenvalue weighted by molar-refractivity contribution is 7.69. The molecule has 0 aliphatic rings. The van der Waals surface area contributed by atoms with E-state index < -0.39 is 13.2 Å². The van der Waals surface area contributed by atoms with E-state index in [4.69, 9.17) is 15.5 Å². The Kier molecular flexibility index (Phi) is 4.41. The molecule has 1 amide bonds. The van der Waals surface area contributed by atoms with Crippen molar-refractivity contribution in [3.8, 4) is 0 Å². The first-order chi connectivity index (χ1) is 5.38. The summed E-state index contributed by atoms with van der Waals surface area (Å²) < 4.78 is 10.3. The lowest BCUT2D eigenvalue weighted by Gasteiger charge is -2.10. The summed E-state index contributed by atoms with van der Waals surface area (Å²) in [6.07, 6.45) is 0.640. The summed E-state index contributed by atoms with van der Waals surface area (Å²) in [5.74, 6) is 0. The Morgan fingerprint density at radius 3 is 2.50 bits per heavy atom. The molecule has 72 valence electrons. The first-order valence-corrected chi connectivity index (χ1v) is 5.08. The summed E-state index contributed by atoms with van der Waals surface area (Å²) in [6, 6.07) is -0.263. The van der Waals surface area contributed by atoms with E-state index >= 15 is 0 Å². The molecule has 0 fully saturated rings. The minimum absolute atomic E-state index is 0.0838. The maximum atomic E-state index is 10.6. The van der Waals surface area contributed by atoms with E-state index in [1.54, 1.807) is 0 Å². The third kappa shape index (κ3) is 4.46. The first-order valence-electron chi connectivity index (χ1n) is 3.47. The highest BCUT2D eigenvalue weighted by Gasteiger charge is 2.25. The van der Waals surface area contributed by atoms with Crippen molar-refractivity contribution in [3.63, 3.8) is 0 Å². The molecule has 6 nitrogen and oxygen atoms in total. The predicted octanol–water partition coefficient (Wildman–Crippen LogP) is -0.389. The van der Waals surface area contributed by atoms with Gasteiger partial charge in [0.25, 0.3) is 0 Å². The van der Waals surface area contributed by atoms with Gasteiger partial charge < -0.3 is 20.8 Å². The third-order valence-electron chi connectivity index (χ3n) is 1.30. The van der Waals surface area contributed by atoms with Crippen LogP contribution in [0.3, 0.4) is 0 Å². The van der Waals surface area contributed by atoms with Crippen molar-refractivity contribution < 1.29 is 19.1 Å². The van der Waals surface area contributed by atoms with E-state index in [1.807, 2.05) is 12.2 Å². The van der Waals surface area contributed by atoms with E-state index in [2.05, 4.69) is 0 Å². The zero-order valence-electron chi connectivity index (χ0n) is 6.73. The van der Waals surface area contributed by atoms with Crippen LogP contribution in [0.25, 0.3) is 0 Å². The van der Waals surface area contributed by atoms with Gasteiger partial charge in [-0.15, -0.1) is 0 Å². The fourth-order valence-electron chi connectivity index (χ4n) is 0.466. The Hall–Kier alpha value is -0.420. The number of nitrogens with one attached hydrogen (secondary N) is 1. The summed E-state index contributed by atoms with van der Waals surface area (Å²) in [4.78, 5) is 27.2. The Bertz CT molecular complexity index is 202. The van der Waals surface area contributed by atoms with Crippen LogP contribution in [0, 0.1) is 0 Å². The van der Waals surface area contributed by atoms with Gasteiger partial charge in [-0.1, -0.05) is 6.92 Å². The fraction of sp³-hybridized carbons (Fsp3) is 0.800. The number of amides is 1. The molecule has 0 heterocycles. The van der Waals surface area contributed by atoms with Crippen molar-refractivity contribution in [1.29, 1.82) is 0 Å². The second-order valence-corrected chi connectivity index (χ2v) is 3.89. The molecule has 0 spiro atoms. The van der Waals surface area contributed by atoms with Crippen molar-refractivity contribution >= 4 is 13.2 Å². The van der Waals surface area contributed by atoms with Crippen molar-refractivity contribution in [3.05, 3.63) is 0 Å². The van der Waals surface area contributed by atoms with Crippen LogP contribution in [0.5, 0.6) is 0 Å². The molecule has 0 aliphatic heterocycles. The second kappa shape index (κ2) is 4.57. The van der Waals surface area contributed by atoms with Gasteiger partial charge in [-0.2, -0.15) is 0 Å². The lowest BCUT2D eigenvalue weighted by Crippen LogP contribution is -2.35. The van der Waals surface area contributed by atoms with Crippen LogP contribution in [0.15, 0.2) is 0 Å². The molecular weight excluding hydrogens is 183 g/mol. The number of hydrogen-bond donors (Lipinski definition) is 4. The zero-order valence-corrected chi connectivity index (χ0v) is 7.62. The van der Waals surface area contributed by atoms with Gasteiger partial charge in [0.05, 0.1) is 0 Å². The molecule has 0 aromatic carbocycles. The van der Waals surface area contributed by atoms with Crippen LogP contribution >= 0.6 is 7.60 Å². The van der Waals surface area contributed by atoms with E-state index in [9.17, 15) is 9.36 Å². The molecule has 5 N–H and O–H groups in total. The molecule has 0 aliphatic carbocycles. The van der Waals surface area contributed by atoms with E-state index in [0.717, 1.165) is 0 Å². The minimum atomic E-state index is -4.63. The van der Waals surface area contributed by atoms with Crippen molar-refractivity contribution in [1.82, 2.24) is 5.32 Å². The van der Waals surface area contributed by atoms with Gasteiger partial charge in [0.1, 0.15) is 0 Å². The van der Waals surface area contributed by atoms with Gasteiger partial charge in [0, 0.05) is 12.6 Å². The Morgan fingerprint density at radius 1 is 1.67 bits per heavy atom. The summed E-state index contributed by atoms with van der Waals surface area (Å²) in [7, 11) is -4.63. The minimum Gasteiger partial charge on any atom is -0.344 e. The smallest absolute Gasteiger partial charge is 0.344 e. The van der Waals surface area contributed by atoms with Gasteiger partial charge in [-0.05, 0) is 6.42 Å². The third-order valence-corrected chi connectivity index (χ3v) is 1.99. The molecule has 0 unspecified atom stereocenters. The Morgan fingerprint density at radius 2 is 2.17 bits per heavy atom.